The summed E-state index contributed by atoms with van der Waals surface area (Å²) in [6.45, 7) is 5.43. The summed E-state index contributed by atoms with van der Waals surface area (Å²) in [5, 5.41) is 2.87. The van der Waals surface area contributed by atoms with Crippen LogP contribution in [0.5, 0.6) is 17.2 Å². The Hall–Kier alpha value is -2.26. The highest BCUT2D eigenvalue weighted by Crippen LogP contribution is 2.50. The van der Waals surface area contributed by atoms with Gasteiger partial charge < -0.3 is 24.3 Å². The van der Waals surface area contributed by atoms with Gasteiger partial charge in [0.2, 0.25) is 5.75 Å². The first kappa shape index (κ1) is 25.0. The highest BCUT2D eigenvalue weighted by atomic mass is 79.9. The number of halogens is 2. The number of benzene rings is 2. The SMILES string of the molecule is CCc1cccc(C)c1NC(=O)C(C)OC(=O)c1c(Br)c(OC)c(OC)c(OC)c1Br. The average molecular weight is 559 g/mol. The molecule has 0 heterocycles. The van der Waals surface area contributed by atoms with E-state index in [2.05, 4.69) is 37.2 Å². The van der Waals surface area contributed by atoms with Gasteiger partial charge >= 0.3 is 5.97 Å². The Morgan fingerprint density at radius 2 is 1.55 bits per heavy atom. The molecule has 0 fully saturated rings. The third-order valence-electron chi connectivity index (χ3n) is 4.71. The summed E-state index contributed by atoms with van der Waals surface area (Å²) < 4.78 is 22.2. The minimum absolute atomic E-state index is 0.110. The fraction of sp³-hybridized carbons (Fsp3) is 0.364. The Bertz CT molecular complexity index is 961. The molecule has 1 amide bonds. The molecular weight excluding hydrogens is 534 g/mol. The first-order valence-electron chi connectivity index (χ1n) is 9.48. The number of hydrogen-bond donors (Lipinski definition) is 1. The monoisotopic (exact) mass is 557 g/mol. The van der Waals surface area contributed by atoms with Gasteiger partial charge in [-0.1, -0.05) is 25.1 Å². The van der Waals surface area contributed by atoms with Gasteiger partial charge in [0.25, 0.3) is 5.91 Å². The van der Waals surface area contributed by atoms with E-state index in [9.17, 15) is 9.59 Å². The number of esters is 1. The molecule has 0 aromatic heterocycles. The summed E-state index contributed by atoms with van der Waals surface area (Å²) in [7, 11) is 4.34. The first-order valence-corrected chi connectivity index (χ1v) is 11.1. The van der Waals surface area contributed by atoms with Gasteiger partial charge in [-0.05, 0) is 63.3 Å². The fourth-order valence-corrected chi connectivity index (χ4v) is 4.73. The van der Waals surface area contributed by atoms with Crippen LogP contribution >= 0.6 is 31.9 Å². The van der Waals surface area contributed by atoms with Crippen LogP contribution in [0.15, 0.2) is 27.1 Å². The Kier molecular flexibility index (Phi) is 8.76. The topological polar surface area (TPSA) is 83.1 Å². The van der Waals surface area contributed by atoms with Gasteiger partial charge in [0.1, 0.15) is 0 Å². The molecule has 0 saturated heterocycles. The number of anilines is 1. The fourth-order valence-electron chi connectivity index (χ4n) is 3.05. The van der Waals surface area contributed by atoms with Crippen LogP contribution in [0.3, 0.4) is 0 Å². The number of rotatable bonds is 8. The predicted molar refractivity (Wildman–Crippen MR) is 126 cm³/mol. The third kappa shape index (κ3) is 5.15. The van der Waals surface area contributed by atoms with Gasteiger partial charge in [-0.25, -0.2) is 4.79 Å². The zero-order valence-electron chi connectivity index (χ0n) is 18.2. The lowest BCUT2D eigenvalue weighted by Crippen LogP contribution is -2.31. The molecule has 0 aliphatic heterocycles. The van der Waals surface area contributed by atoms with E-state index in [0.717, 1.165) is 23.2 Å². The lowest BCUT2D eigenvalue weighted by atomic mass is 10.1. The molecule has 9 heteroatoms. The van der Waals surface area contributed by atoms with Crippen LogP contribution in [0.2, 0.25) is 0 Å². The highest BCUT2D eigenvalue weighted by molar-refractivity contribution is 9.11. The third-order valence-corrected chi connectivity index (χ3v) is 6.22. The molecule has 168 valence electrons. The van der Waals surface area contributed by atoms with Gasteiger partial charge in [-0.15, -0.1) is 0 Å². The largest absolute Gasteiger partial charge is 0.492 e. The van der Waals surface area contributed by atoms with E-state index >= 15 is 0 Å². The van der Waals surface area contributed by atoms with Crippen molar-refractivity contribution in [2.45, 2.75) is 33.3 Å². The maximum atomic E-state index is 13.0. The lowest BCUT2D eigenvalue weighted by Gasteiger charge is -2.20. The predicted octanol–water partition coefficient (Wildman–Crippen LogP) is 5.29. The smallest absolute Gasteiger partial charge is 0.341 e. The number of hydrogen-bond acceptors (Lipinski definition) is 6. The van der Waals surface area contributed by atoms with Crippen molar-refractivity contribution in [3.63, 3.8) is 0 Å². The first-order chi connectivity index (χ1) is 14.7. The molecular formula is C22H25Br2NO6. The maximum absolute atomic E-state index is 13.0. The number of carbonyl (C=O) groups excluding carboxylic acids is 2. The molecule has 0 aliphatic carbocycles. The van der Waals surface area contributed by atoms with E-state index in [1.165, 1.54) is 28.3 Å². The Morgan fingerprint density at radius 1 is 1.00 bits per heavy atom. The molecule has 2 aromatic carbocycles. The summed E-state index contributed by atoms with van der Waals surface area (Å²) in [4.78, 5) is 25.7. The van der Waals surface area contributed by atoms with Crippen molar-refractivity contribution in [3.8, 4) is 17.2 Å². The molecule has 31 heavy (non-hydrogen) atoms. The van der Waals surface area contributed by atoms with Crippen molar-refractivity contribution in [2.24, 2.45) is 0 Å². The molecule has 0 saturated carbocycles. The van der Waals surface area contributed by atoms with Gasteiger partial charge in [0.15, 0.2) is 17.6 Å². The highest BCUT2D eigenvalue weighted by Gasteiger charge is 2.30. The molecule has 1 unspecified atom stereocenters. The van der Waals surface area contributed by atoms with Crippen molar-refractivity contribution in [3.05, 3.63) is 43.8 Å². The van der Waals surface area contributed by atoms with Gasteiger partial charge in [-0.3, -0.25) is 4.79 Å². The Balaban J connectivity index is 2.32. The van der Waals surface area contributed by atoms with Crippen molar-refractivity contribution >= 4 is 49.4 Å². The zero-order valence-corrected chi connectivity index (χ0v) is 21.4. The Labute approximate surface area is 198 Å². The molecule has 0 radical (unpaired) electrons. The van der Waals surface area contributed by atoms with Crippen molar-refractivity contribution in [1.29, 1.82) is 0 Å². The second-order valence-corrected chi connectivity index (χ2v) is 8.19. The molecule has 2 aromatic rings. The van der Waals surface area contributed by atoms with Gasteiger partial charge in [-0.2, -0.15) is 0 Å². The molecule has 2 rings (SSSR count). The van der Waals surface area contributed by atoms with E-state index < -0.39 is 18.0 Å². The number of methoxy groups -OCH3 is 3. The van der Waals surface area contributed by atoms with Crippen LogP contribution < -0.4 is 19.5 Å². The summed E-state index contributed by atoms with van der Waals surface area (Å²) in [5.41, 5.74) is 2.77. The van der Waals surface area contributed by atoms with Crippen LogP contribution in [0, 0.1) is 6.92 Å². The quantitative estimate of drug-likeness (QED) is 0.443. The Morgan fingerprint density at radius 3 is 2.03 bits per heavy atom. The number of nitrogens with one attached hydrogen (secondary N) is 1. The number of aryl methyl sites for hydroxylation is 2. The van der Waals surface area contributed by atoms with E-state index in [1.54, 1.807) is 0 Å². The molecule has 0 aliphatic rings. The molecule has 0 bridgehead atoms. The van der Waals surface area contributed by atoms with Crippen molar-refractivity contribution in [2.75, 3.05) is 26.6 Å². The van der Waals surface area contributed by atoms with Crippen LogP contribution in [0.1, 0.15) is 35.3 Å². The van der Waals surface area contributed by atoms with E-state index in [0.29, 0.717) is 14.7 Å². The van der Waals surface area contributed by atoms with Gasteiger partial charge in [0.05, 0.1) is 35.8 Å². The van der Waals surface area contributed by atoms with E-state index in [-0.39, 0.29) is 17.1 Å². The van der Waals surface area contributed by atoms with Crippen LogP contribution in [-0.4, -0.2) is 39.3 Å². The van der Waals surface area contributed by atoms with Crippen LogP contribution in [-0.2, 0) is 16.0 Å². The molecule has 1 N–H and O–H groups in total. The van der Waals surface area contributed by atoms with E-state index in [4.69, 9.17) is 18.9 Å². The molecule has 7 nitrogen and oxygen atoms in total. The molecule has 0 spiro atoms. The zero-order chi connectivity index (χ0) is 23.3. The minimum Gasteiger partial charge on any atom is -0.492 e. The van der Waals surface area contributed by atoms with Crippen LogP contribution in [0.4, 0.5) is 5.69 Å². The molecule has 1 atom stereocenters. The summed E-state index contributed by atoms with van der Waals surface area (Å²) in [6, 6.07) is 5.80. The van der Waals surface area contributed by atoms with Gasteiger partial charge in [0, 0.05) is 5.69 Å². The average Bonchev–Trinajstić information content (AvgIpc) is 2.74. The summed E-state index contributed by atoms with van der Waals surface area (Å²) >= 11 is 6.73. The number of carbonyl (C=O) groups is 2. The standard InChI is InChI=1S/C22H25Br2NO6/c1-7-13-10-8-9-11(2)17(13)25-21(26)12(3)31-22(27)14-15(23)18(28-4)20(30-6)19(29-5)16(14)24/h8-10,12H,7H2,1-6H3,(H,25,26). The minimum atomic E-state index is -1.05. The van der Waals surface area contributed by atoms with Crippen molar-refractivity contribution in [1.82, 2.24) is 0 Å². The second kappa shape index (κ2) is 10.9. The maximum Gasteiger partial charge on any atom is 0.341 e. The second-order valence-electron chi connectivity index (χ2n) is 6.60. The number of amides is 1. The van der Waals surface area contributed by atoms with Crippen LogP contribution in [0.25, 0.3) is 0 Å². The lowest BCUT2D eigenvalue weighted by molar-refractivity contribution is -0.123. The van der Waals surface area contributed by atoms with E-state index in [1.807, 2.05) is 32.0 Å². The van der Waals surface area contributed by atoms with Crippen molar-refractivity contribution < 1.29 is 28.5 Å². The normalized spacial score (nSPS) is 11.5. The number of para-hydroxylation sites is 1. The summed E-state index contributed by atoms with van der Waals surface area (Å²) in [5.74, 6) is -0.339. The summed E-state index contributed by atoms with van der Waals surface area (Å²) in [6.07, 6.45) is -0.286. The number of ether oxygens (including phenoxy) is 4.